The second-order valence-electron chi connectivity index (χ2n) is 14.8. The Bertz CT molecular complexity index is 1910. The lowest BCUT2D eigenvalue weighted by molar-refractivity contribution is -0.131. The van der Waals surface area contributed by atoms with Crippen molar-refractivity contribution in [2.24, 2.45) is 5.92 Å². The van der Waals surface area contributed by atoms with Crippen LogP contribution in [0.3, 0.4) is 0 Å². The lowest BCUT2D eigenvalue weighted by Crippen LogP contribution is -2.58. The van der Waals surface area contributed by atoms with Crippen LogP contribution in [-0.2, 0) is 21.5 Å². The summed E-state index contributed by atoms with van der Waals surface area (Å²) in [7, 11) is 0.447. The van der Waals surface area contributed by atoms with Crippen LogP contribution in [0.15, 0.2) is 42.0 Å². The normalized spacial score (nSPS) is 22.0. The first-order valence-corrected chi connectivity index (χ1v) is 19.2. The van der Waals surface area contributed by atoms with Gasteiger partial charge in [0.25, 0.3) is 11.8 Å². The molecule has 4 aliphatic rings. The van der Waals surface area contributed by atoms with E-state index < -0.39 is 16.1 Å². The maximum Gasteiger partial charge on any atom is 0.303 e. The van der Waals surface area contributed by atoms with Crippen LogP contribution in [0.5, 0.6) is 5.75 Å². The smallest absolute Gasteiger partial charge is 0.303 e. The predicted molar refractivity (Wildman–Crippen MR) is 193 cm³/mol. The molecule has 2 aliphatic carbocycles. The SMILES string of the molecule is COc1ccc2c(c1)C=C(C(=O)N1C[C@@H](C)N(CC3CC3)[C@@H](C)C1)Cn1c-2c(C2CCCCC2)c2ccc(C(=O)NS(=O)(=O)N(C)C)cc21. The number of aromatic nitrogens is 1. The summed E-state index contributed by atoms with van der Waals surface area (Å²) in [5.41, 5.74) is 6.02. The first-order chi connectivity index (χ1) is 23.4. The van der Waals surface area contributed by atoms with Crippen LogP contribution in [0, 0.1) is 5.92 Å². The van der Waals surface area contributed by atoms with Gasteiger partial charge in [-0.05, 0) is 98.9 Å². The average molecular weight is 688 g/mol. The van der Waals surface area contributed by atoms with Gasteiger partial charge in [-0.1, -0.05) is 25.3 Å². The fraction of sp³-hybridized carbons (Fsp3) is 0.526. The summed E-state index contributed by atoms with van der Waals surface area (Å²) in [6.45, 7) is 7.26. The molecule has 1 N–H and O–H groups in total. The molecule has 2 aromatic carbocycles. The number of hydrogen-bond donors (Lipinski definition) is 1. The number of methoxy groups -OCH3 is 1. The first-order valence-electron chi connectivity index (χ1n) is 17.8. The number of fused-ring (bicyclic) bond motifs is 5. The van der Waals surface area contributed by atoms with Gasteiger partial charge in [0.15, 0.2) is 0 Å². The van der Waals surface area contributed by atoms with Crippen molar-refractivity contribution in [3.8, 4) is 17.0 Å². The third kappa shape index (κ3) is 6.53. The lowest BCUT2D eigenvalue weighted by Gasteiger charge is -2.44. The maximum atomic E-state index is 14.6. The molecular formula is C38H49N5O5S. The van der Waals surface area contributed by atoms with E-state index in [1.54, 1.807) is 19.2 Å². The molecule has 2 aliphatic heterocycles. The first kappa shape index (κ1) is 33.8. The molecule has 2 amide bonds. The summed E-state index contributed by atoms with van der Waals surface area (Å²) in [6.07, 6.45) is 10.3. The second kappa shape index (κ2) is 13.2. The van der Waals surface area contributed by atoms with E-state index in [1.807, 2.05) is 29.2 Å². The molecule has 0 unspecified atom stereocenters. The number of amides is 2. The van der Waals surface area contributed by atoms with Crippen LogP contribution >= 0.6 is 0 Å². The van der Waals surface area contributed by atoms with Gasteiger partial charge >= 0.3 is 10.2 Å². The highest BCUT2D eigenvalue weighted by molar-refractivity contribution is 7.87. The number of carbonyl (C=O) groups is 2. The summed E-state index contributed by atoms with van der Waals surface area (Å²) in [6, 6.07) is 12.1. The number of piperazine rings is 1. The van der Waals surface area contributed by atoms with Crippen molar-refractivity contribution >= 4 is 39.0 Å². The number of benzene rings is 2. The van der Waals surface area contributed by atoms with Crippen LogP contribution < -0.4 is 9.46 Å². The van der Waals surface area contributed by atoms with Crippen molar-refractivity contribution in [3.05, 3.63) is 58.7 Å². The molecule has 10 nitrogen and oxygen atoms in total. The lowest BCUT2D eigenvalue weighted by atomic mass is 9.81. The fourth-order valence-corrected chi connectivity index (χ4v) is 8.80. The van der Waals surface area contributed by atoms with E-state index in [-0.39, 0.29) is 23.6 Å². The Hall–Kier alpha value is -3.67. The van der Waals surface area contributed by atoms with E-state index in [9.17, 15) is 18.0 Å². The standard InChI is InChI=1S/C38H49N5O5S/c1-24-20-41(21-25(2)42(24)22-26-11-12-26)38(45)30-17-29-18-31(48-5)14-16-32(29)36-35(27-9-7-6-8-10-27)33-15-13-28(19-34(33)43(36)23-30)37(44)39-49(46,47)40(3)4/h13-19,24-27H,6-12,20-23H2,1-5H3,(H,39,44)/t24-,25+. The summed E-state index contributed by atoms with van der Waals surface area (Å²) in [4.78, 5) is 32.5. The molecule has 2 atom stereocenters. The molecule has 1 saturated heterocycles. The van der Waals surface area contributed by atoms with E-state index in [1.165, 1.54) is 38.9 Å². The Morgan fingerprint density at radius 3 is 2.33 bits per heavy atom. The zero-order valence-corrected chi connectivity index (χ0v) is 30.2. The molecular weight excluding hydrogens is 639 g/mol. The minimum Gasteiger partial charge on any atom is -0.497 e. The number of ether oxygens (including phenoxy) is 1. The third-order valence-electron chi connectivity index (χ3n) is 11.1. The highest BCUT2D eigenvalue weighted by Crippen LogP contribution is 2.47. The number of hydrogen-bond acceptors (Lipinski definition) is 6. The van der Waals surface area contributed by atoms with Gasteiger partial charge < -0.3 is 14.2 Å². The molecule has 3 fully saturated rings. The Morgan fingerprint density at radius 1 is 0.959 bits per heavy atom. The number of rotatable bonds is 8. The largest absolute Gasteiger partial charge is 0.497 e. The second-order valence-corrected chi connectivity index (χ2v) is 16.7. The molecule has 49 heavy (non-hydrogen) atoms. The van der Waals surface area contributed by atoms with Crippen molar-refractivity contribution in [1.82, 2.24) is 23.4 Å². The van der Waals surface area contributed by atoms with E-state index >= 15 is 0 Å². The van der Waals surface area contributed by atoms with Gasteiger partial charge in [-0.15, -0.1) is 0 Å². The van der Waals surface area contributed by atoms with E-state index in [0.29, 0.717) is 31.1 Å². The van der Waals surface area contributed by atoms with Crippen molar-refractivity contribution in [2.75, 3.05) is 40.8 Å². The molecule has 262 valence electrons. The topological polar surface area (TPSA) is 104 Å². The van der Waals surface area contributed by atoms with E-state index in [4.69, 9.17) is 4.74 Å². The van der Waals surface area contributed by atoms with E-state index in [2.05, 4.69) is 34.1 Å². The molecule has 3 heterocycles. The van der Waals surface area contributed by atoms with Crippen molar-refractivity contribution < 1.29 is 22.7 Å². The highest BCUT2D eigenvalue weighted by Gasteiger charge is 2.37. The van der Waals surface area contributed by atoms with Gasteiger partial charge in [0.1, 0.15) is 5.75 Å². The number of carbonyl (C=O) groups excluding carboxylic acids is 2. The van der Waals surface area contributed by atoms with Crippen molar-refractivity contribution in [3.63, 3.8) is 0 Å². The summed E-state index contributed by atoms with van der Waals surface area (Å²) in [5, 5.41) is 1.04. The third-order valence-corrected chi connectivity index (χ3v) is 12.5. The molecule has 0 radical (unpaired) electrons. The quantitative estimate of drug-likeness (QED) is 0.330. The minimum atomic E-state index is -3.98. The van der Waals surface area contributed by atoms with Crippen LogP contribution in [-0.4, -0.2) is 91.8 Å². The summed E-state index contributed by atoms with van der Waals surface area (Å²) in [5.74, 6) is 1.18. The molecule has 7 rings (SSSR count). The van der Waals surface area contributed by atoms with Gasteiger partial charge in [0, 0.05) is 73.4 Å². The van der Waals surface area contributed by atoms with Crippen molar-refractivity contribution in [2.45, 2.75) is 83.3 Å². The Kier molecular flexibility index (Phi) is 9.13. The summed E-state index contributed by atoms with van der Waals surface area (Å²) >= 11 is 0. The van der Waals surface area contributed by atoms with Crippen LogP contribution in [0.2, 0.25) is 0 Å². The van der Waals surface area contributed by atoms with Gasteiger partial charge in [-0.25, -0.2) is 4.72 Å². The monoisotopic (exact) mass is 687 g/mol. The zero-order valence-electron chi connectivity index (χ0n) is 29.4. The average Bonchev–Trinajstić information content (AvgIpc) is 3.88. The van der Waals surface area contributed by atoms with Gasteiger partial charge in [-0.3, -0.25) is 14.5 Å². The van der Waals surface area contributed by atoms with Gasteiger partial charge in [0.2, 0.25) is 0 Å². The molecule has 0 bridgehead atoms. The number of nitrogens with one attached hydrogen (secondary N) is 1. The minimum absolute atomic E-state index is 0.0263. The van der Waals surface area contributed by atoms with Gasteiger partial charge in [0.05, 0.1) is 19.3 Å². The van der Waals surface area contributed by atoms with Crippen LogP contribution in [0.1, 0.15) is 86.2 Å². The zero-order chi connectivity index (χ0) is 34.6. The Balaban J connectivity index is 1.35. The van der Waals surface area contributed by atoms with Gasteiger partial charge in [-0.2, -0.15) is 12.7 Å². The fourth-order valence-electron chi connectivity index (χ4n) is 8.26. The number of nitrogens with zero attached hydrogens (tertiary/aromatic N) is 4. The Morgan fingerprint density at radius 2 is 1.67 bits per heavy atom. The summed E-state index contributed by atoms with van der Waals surface area (Å²) < 4.78 is 36.2. The van der Waals surface area contributed by atoms with Crippen LogP contribution in [0.4, 0.5) is 0 Å². The van der Waals surface area contributed by atoms with Crippen molar-refractivity contribution in [1.29, 1.82) is 0 Å². The van der Waals surface area contributed by atoms with E-state index in [0.717, 1.165) is 75.9 Å². The molecule has 11 heteroatoms. The Labute approximate surface area is 290 Å². The molecule has 3 aromatic rings. The maximum absolute atomic E-state index is 14.6. The predicted octanol–water partition coefficient (Wildman–Crippen LogP) is 5.63. The molecule has 0 spiro atoms. The molecule has 2 saturated carbocycles. The molecule has 1 aromatic heterocycles. The van der Waals surface area contributed by atoms with Crippen LogP contribution in [0.25, 0.3) is 28.2 Å². The highest BCUT2D eigenvalue weighted by atomic mass is 32.2.